The molecule has 8 heteroatoms. The molecule has 0 bridgehead atoms. The molecule has 2 atom stereocenters. The normalized spacial score (nSPS) is 26.7. The van der Waals surface area contributed by atoms with Gasteiger partial charge in [0.2, 0.25) is 0 Å². The van der Waals surface area contributed by atoms with Gasteiger partial charge >= 0.3 is 12.2 Å². The Bertz CT molecular complexity index is 625. The molecule has 8 nitrogen and oxygen atoms in total. The Kier molecular flexibility index (Phi) is 8.33. The Morgan fingerprint density at radius 1 is 0.900 bits per heavy atom. The first kappa shape index (κ1) is 26.2. The number of carbonyl (C=O) groups is 3. The zero-order valence-electron chi connectivity index (χ0n) is 20.0. The molecule has 0 saturated carbocycles. The van der Waals surface area contributed by atoms with Crippen LogP contribution in [0.15, 0.2) is 0 Å². The molecule has 2 aliphatic rings. The molecule has 2 saturated heterocycles. The fraction of sp³-hybridized carbons (Fsp3) is 0.864. The van der Waals surface area contributed by atoms with E-state index in [1.807, 2.05) is 48.5 Å². The summed E-state index contributed by atoms with van der Waals surface area (Å²) in [7, 11) is 0. The Morgan fingerprint density at radius 2 is 1.33 bits per heavy atom. The topological polar surface area (TPSA) is 102 Å². The summed E-state index contributed by atoms with van der Waals surface area (Å²) >= 11 is 0. The molecule has 0 aromatic heterocycles. The van der Waals surface area contributed by atoms with E-state index in [1.165, 1.54) is 4.90 Å². The van der Waals surface area contributed by atoms with Gasteiger partial charge in [0, 0.05) is 19.6 Å². The minimum atomic E-state index is -0.678. The zero-order valence-corrected chi connectivity index (χ0v) is 20.0. The number of hydrogen-bond donors (Lipinski definition) is 1. The minimum Gasteiger partial charge on any atom is -0.444 e. The van der Waals surface area contributed by atoms with Crippen molar-refractivity contribution in [2.45, 2.75) is 103 Å². The van der Waals surface area contributed by atoms with Gasteiger partial charge < -0.3 is 24.9 Å². The maximum Gasteiger partial charge on any atom is 0.411 e. The van der Waals surface area contributed by atoms with Gasteiger partial charge in [0.05, 0.1) is 11.1 Å². The molecule has 2 heterocycles. The number of nitrogens with two attached hydrogens (primary N) is 1. The van der Waals surface area contributed by atoms with E-state index in [9.17, 15) is 14.4 Å². The molecule has 2 rings (SSSR count). The number of carbonyl (C=O) groups excluding carboxylic acids is 3. The second-order valence-corrected chi connectivity index (χ2v) is 10.6. The van der Waals surface area contributed by atoms with Crippen LogP contribution in [0.25, 0.3) is 0 Å². The standard InChI is InChI=1S/C11H22N2O2.C11H19NO3/c1-10(2,3)15-9(14)13-7-5-6-11(13,4)8-12;1-10(2,3)15-9(14)12-7-5-6-11(12,4)8-13/h5-8,12H2,1-4H3;8H,5-7H2,1-4H3. The van der Waals surface area contributed by atoms with Gasteiger partial charge in [-0.1, -0.05) is 0 Å². The molecule has 2 aliphatic heterocycles. The van der Waals surface area contributed by atoms with Crippen molar-refractivity contribution in [3.8, 4) is 0 Å². The summed E-state index contributed by atoms with van der Waals surface area (Å²) in [5.41, 5.74) is 3.87. The first-order valence-electron chi connectivity index (χ1n) is 10.7. The molecule has 0 spiro atoms. The molecular formula is C22H41N3O5. The average Bonchev–Trinajstić information content (AvgIpc) is 3.16. The SMILES string of the molecule is CC(C)(C)OC(=O)N1CCCC1(C)C=O.CC(C)(C)OC(=O)N1CCCC1(C)CN. The van der Waals surface area contributed by atoms with Crippen LogP contribution < -0.4 is 5.73 Å². The van der Waals surface area contributed by atoms with Crippen LogP contribution in [0.3, 0.4) is 0 Å². The van der Waals surface area contributed by atoms with Crippen LogP contribution in [0.1, 0.15) is 81.1 Å². The van der Waals surface area contributed by atoms with Gasteiger partial charge in [-0.2, -0.15) is 0 Å². The fourth-order valence-electron chi connectivity index (χ4n) is 3.59. The molecule has 0 radical (unpaired) electrons. The van der Waals surface area contributed by atoms with Crippen molar-refractivity contribution < 1.29 is 23.9 Å². The molecule has 2 fully saturated rings. The van der Waals surface area contributed by atoms with E-state index in [2.05, 4.69) is 0 Å². The summed E-state index contributed by atoms with van der Waals surface area (Å²) < 4.78 is 10.6. The van der Waals surface area contributed by atoms with Crippen molar-refractivity contribution in [3.63, 3.8) is 0 Å². The van der Waals surface area contributed by atoms with Crippen molar-refractivity contribution in [2.24, 2.45) is 5.73 Å². The predicted molar refractivity (Wildman–Crippen MR) is 116 cm³/mol. The number of rotatable bonds is 2. The van der Waals surface area contributed by atoms with Crippen LogP contribution in [-0.4, -0.2) is 70.2 Å². The number of amides is 2. The highest BCUT2D eigenvalue weighted by Gasteiger charge is 2.42. The van der Waals surface area contributed by atoms with Gasteiger partial charge in [-0.05, 0) is 81.1 Å². The maximum atomic E-state index is 11.9. The summed E-state index contributed by atoms with van der Waals surface area (Å²) in [5, 5.41) is 0. The molecule has 0 aromatic rings. The molecule has 174 valence electrons. The van der Waals surface area contributed by atoms with Gasteiger partial charge in [-0.15, -0.1) is 0 Å². The van der Waals surface area contributed by atoms with E-state index in [1.54, 1.807) is 11.8 Å². The molecule has 2 N–H and O–H groups in total. The number of likely N-dealkylation sites (tertiary alicyclic amines) is 2. The van der Waals surface area contributed by atoms with E-state index in [0.717, 1.165) is 38.5 Å². The summed E-state index contributed by atoms with van der Waals surface area (Å²) in [6, 6.07) is 0. The number of nitrogens with zero attached hydrogens (tertiary/aromatic N) is 2. The predicted octanol–water partition coefficient (Wildman–Crippen LogP) is 3.71. The van der Waals surface area contributed by atoms with Crippen molar-refractivity contribution in [1.29, 1.82) is 0 Å². The number of ether oxygens (including phenoxy) is 2. The van der Waals surface area contributed by atoms with Gasteiger partial charge in [-0.25, -0.2) is 9.59 Å². The lowest BCUT2D eigenvalue weighted by atomic mass is 10.00. The largest absolute Gasteiger partial charge is 0.444 e. The molecule has 2 unspecified atom stereocenters. The van der Waals surface area contributed by atoms with E-state index in [4.69, 9.17) is 15.2 Å². The quantitative estimate of drug-likeness (QED) is 0.674. The van der Waals surface area contributed by atoms with Crippen LogP contribution >= 0.6 is 0 Å². The Labute approximate surface area is 181 Å². The lowest BCUT2D eigenvalue weighted by Crippen LogP contribution is -2.51. The second-order valence-electron chi connectivity index (χ2n) is 10.6. The van der Waals surface area contributed by atoms with E-state index >= 15 is 0 Å². The highest BCUT2D eigenvalue weighted by molar-refractivity contribution is 5.77. The highest BCUT2D eigenvalue weighted by Crippen LogP contribution is 2.30. The summed E-state index contributed by atoms with van der Waals surface area (Å²) in [6.07, 6.45) is 3.74. The van der Waals surface area contributed by atoms with Crippen molar-refractivity contribution >= 4 is 18.5 Å². The average molecular weight is 428 g/mol. The minimum absolute atomic E-state index is 0.220. The lowest BCUT2D eigenvalue weighted by molar-refractivity contribution is -0.116. The van der Waals surface area contributed by atoms with Gasteiger partial charge in [-0.3, -0.25) is 4.90 Å². The number of aldehydes is 1. The third-order valence-corrected chi connectivity index (χ3v) is 5.35. The Hall–Kier alpha value is -1.83. The molecular weight excluding hydrogens is 386 g/mol. The smallest absolute Gasteiger partial charge is 0.411 e. The van der Waals surface area contributed by atoms with Gasteiger partial charge in [0.15, 0.2) is 0 Å². The highest BCUT2D eigenvalue weighted by atomic mass is 16.6. The van der Waals surface area contributed by atoms with Crippen LogP contribution in [-0.2, 0) is 14.3 Å². The fourth-order valence-corrected chi connectivity index (χ4v) is 3.59. The third-order valence-electron chi connectivity index (χ3n) is 5.35. The first-order chi connectivity index (χ1) is 13.6. The molecule has 30 heavy (non-hydrogen) atoms. The lowest BCUT2D eigenvalue weighted by Gasteiger charge is -2.35. The first-order valence-corrected chi connectivity index (χ1v) is 10.7. The van der Waals surface area contributed by atoms with E-state index in [0.29, 0.717) is 13.1 Å². The van der Waals surface area contributed by atoms with Gasteiger partial charge in [0.1, 0.15) is 17.5 Å². The molecule has 0 aromatic carbocycles. The van der Waals surface area contributed by atoms with Crippen LogP contribution in [0.2, 0.25) is 0 Å². The van der Waals surface area contributed by atoms with E-state index < -0.39 is 22.8 Å². The van der Waals surface area contributed by atoms with Crippen molar-refractivity contribution in [2.75, 3.05) is 19.6 Å². The van der Waals surface area contributed by atoms with Crippen LogP contribution in [0.4, 0.5) is 9.59 Å². The summed E-state index contributed by atoms with van der Waals surface area (Å²) in [4.78, 5) is 37.9. The Balaban J connectivity index is 0.000000300. The second kappa shape index (κ2) is 9.54. The zero-order chi connectivity index (χ0) is 23.4. The van der Waals surface area contributed by atoms with Crippen molar-refractivity contribution in [3.05, 3.63) is 0 Å². The summed E-state index contributed by atoms with van der Waals surface area (Å²) in [5.74, 6) is 0. The third kappa shape index (κ3) is 7.15. The molecule has 2 amide bonds. The molecule has 0 aliphatic carbocycles. The van der Waals surface area contributed by atoms with Gasteiger partial charge in [0.25, 0.3) is 0 Å². The Morgan fingerprint density at radius 3 is 1.77 bits per heavy atom. The van der Waals surface area contributed by atoms with Crippen LogP contribution in [0.5, 0.6) is 0 Å². The van der Waals surface area contributed by atoms with Crippen molar-refractivity contribution in [1.82, 2.24) is 9.80 Å². The van der Waals surface area contributed by atoms with Crippen LogP contribution in [0, 0.1) is 0 Å². The summed E-state index contributed by atoms with van der Waals surface area (Å²) in [6.45, 7) is 16.7. The number of hydrogen-bond acceptors (Lipinski definition) is 6. The monoisotopic (exact) mass is 427 g/mol. The van der Waals surface area contributed by atoms with E-state index in [-0.39, 0.29) is 11.6 Å². The maximum absolute atomic E-state index is 11.9.